The lowest BCUT2D eigenvalue weighted by molar-refractivity contribution is -0.143. The van der Waals surface area contributed by atoms with Gasteiger partial charge in [-0.15, -0.1) is 19.0 Å². The Morgan fingerprint density at radius 1 is 1.24 bits per heavy atom. The molecule has 4 nitrogen and oxygen atoms in total. The summed E-state index contributed by atoms with van der Waals surface area (Å²) in [6.07, 6.45) is 9.74. The molecule has 0 spiro atoms. The number of carbonyl (C=O) groups is 1. The van der Waals surface area contributed by atoms with Gasteiger partial charge >= 0.3 is 0 Å². The summed E-state index contributed by atoms with van der Waals surface area (Å²) in [6.45, 7) is 5.77. The molecule has 1 heterocycles. The first kappa shape index (κ1) is 18.5. The number of hydrogen-bond acceptors (Lipinski definition) is 3. The van der Waals surface area contributed by atoms with Gasteiger partial charge in [0.05, 0.1) is 6.10 Å². The standard InChI is InChI=1S/C16H28N2O2.ClH/c1-2-10-18(12-13-6-4-3-5-7-13)16(19)15-9-8-14(11-17)20-15;/h2,13-15H,1,3-12,17H2;1H/t14-,15+;/m1./s1. The highest BCUT2D eigenvalue weighted by atomic mass is 35.5. The van der Waals surface area contributed by atoms with Gasteiger partial charge < -0.3 is 15.4 Å². The molecule has 2 atom stereocenters. The van der Waals surface area contributed by atoms with E-state index >= 15 is 0 Å². The van der Waals surface area contributed by atoms with E-state index in [4.69, 9.17) is 10.5 Å². The predicted molar refractivity (Wildman–Crippen MR) is 87.5 cm³/mol. The molecule has 0 aromatic rings. The van der Waals surface area contributed by atoms with Crippen molar-refractivity contribution in [2.45, 2.75) is 57.2 Å². The van der Waals surface area contributed by atoms with E-state index in [-0.39, 0.29) is 30.5 Å². The van der Waals surface area contributed by atoms with Crippen molar-refractivity contribution in [1.29, 1.82) is 0 Å². The molecule has 1 amide bonds. The van der Waals surface area contributed by atoms with Crippen LogP contribution in [-0.2, 0) is 9.53 Å². The van der Waals surface area contributed by atoms with Crippen molar-refractivity contribution in [3.05, 3.63) is 12.7 Å². The van der Waals surface area contributed by atoms with E-state index in [0.717, 1.165) is 19.4 Å². The Bertz CT molecular complexity index is 332. The van der Waals surface area contributed by atoms with Gasteiger partial charge in [-0.1, -0.05) is 25.3 Å². The Morgan fingerprint density at radius 2 is 1.95 bits per heavy atom. The minimum atomic E-state index is -0.285. The first-order valence-corrected chi connectivity index (χ1v) is 7.99. The smallest absolute Gasteiger partial charge is 0.252 e. The summed E-state index contributed by atoms with van der Waals surface area (Å²) in [5.41, 5.74) is 5.61. The molecule has 122 valence electrons. The minimum Gasteiger partial charge on any atom is -0.364 e. The first-order valence-electron chi connectivity index (χ1n) is 7.99. The lowest BCUT2D eigenvalue weighted by Gasteiger charge is -2.30. The average Bonchev–Trinajstić information content (AvgIpc) is 2.96. The highest BCUT2D eigenvalue weighted by Crippen LogP contribution is 2.26. The summed E-state index contributed by atoms with van der Waals surface area (Å²) in [4.78, 5) is 14.5. The summed E-state index contributed by atoms with van der Waals surface area (Å²) in [7, 11) is 0. The molecule has 21 heavy (non-hydrogen) atoms. The number of halogens is 1. The molecule has 2 N–H and O–H groups in total. The normalized spacial score (nSPS) is 26.1. The zero-order chi connectivity index (χ0) is 14.4. The Morgan fingerprint density at radius 3 is 2.52 bits per heavy atom. The van der Waals surface area contributed by atoms with Crippen LogP contribution >= 0.6 is 12.4 Å². The van der Waals surface area contributed by atoms with Crippen molar-refractivity contribution in [1.82, 2.24) is 4.90 Å². The third kappa shape index (κ3) is 5.28. The molecule has 2 aliphatic rings. The molecule has 0 unspecified atom stereocenters. The van der Waals surface area contributed by atoms with E-state index in [1.165, 1.54) is 32.1 Å². The average molecular weight is 317 g/mol. The fraction of sp³-hybridized carbons (Fsp3) is 0.812. The van der Waals surface area contributed by atoms with E-state index in [1.807, 2.05) is 11.0 Å². The number of hydrogen-bond donors (Lipinski definition) is 1. The number of rotatable bonds is 6. The molecule has 0 bridgehead atoms. The highest BCUT2D eigenvalue weighted by Gasteiger charge is 2.33. The zero-order valence-electron chi connectivity index (χ0n) is 12.8. The third-order valence-electron chi connectivity index (χ3n) is 4.51. The molecule has 2 fully saturated rings. The van der Waals surface area contributed by atoms with Crippen LogP contribution in [0.25, 0.3) is 0 Å². The lowest BCUT2D eigenvalue weighted by atomic mass is 9.89. The van der Waals surface area contributed by atoms with Gasteiger partial charge in [-0.3, -0.25) is 4.79 Å². The second-order valence-corrected chi connectivity index (χ2v) is 6.10. The Hall–Kier alpha value is -0.580. The Kier molecular flexibility index (Phi) is 8.30. The monoisotopic (exact) mass is 316 g/mol. The van der Waals surface area contributed by atoms with Crippen LogP contribution in [0.15, 0.2) is 12.7 Å². The van der Waals surface area contributed by atoms with Crippen LogP contribution in [0, 0.1) is 5.92 Å². The largest absolute Gasteiger partial charge is 0.364 e. The number of ether oxygens (including phenoxy) is 1. The van der Waals surface area contributed by atoms with Gasteiger partial charge in [0.25, 0.3) is 5.91 Å². The maximum atomic E-state index is 12.6. The maximum Gasteiger partial charge on any atom is 0.252 e. The minimum absolute atomic E-state index is 0. The van der Waals surface area contributed by atoms with Crippen molar-refractivity contribution in [2.75, 3.05) is 19.6 Å². The lowest BCUT2D eigenvalue weighted by Crippen LogP contribution is -2.42. The Labute approximate surface area is 134 Å². The van der Waals surface area contributed by atoms with Crippen molar-refractivity contribution in [2.24, 2.45) is 11.7 Å². The first-order chi connectivity index (χ1) is 9.74. The van der Waals surface area contributed by atoms with Gasteiger partial charge in [0, 0.05) is 19.6 Å². The fourth-order valence-corrected chi connectivity index (χ4v) is 3.36. The third-order valence-corrected chi connectivity index (χ3v) is 4.51. The van der Waals surface area contributed by atoms with Crippen LogP contribution in [-0.4, -0.2) is 42.6 Å². The second kappa shape index (κ2) is 9.44. The van der Waals surface area contributed by atoms with Gasteiger partial charge in [0.15, 0.2) is 0 Å². The molecule has 1 saturated heterocycles. The summed E-state index contributed by atoms with van der Waals surface area (Å²) >= 11 is 0. The summed E-state index contributed by atoms with van der Waals surface area (Å²) < 4.78 is 5.74. The fourth-order valence-electron chi connectivity index (χ4n) is 3.36. The molecule has 0 radical (unpaired) electrons. The van der Waals surface area contributed by atoms with Crippen molar-refractivity contribution < 1.29 is 9.53 Å². The second-order valence-electron chi connectivity index (χ2n) is 6.10. The van der Waals surface area contributed by atoms with Crippen LogP contribution in [0.5, 0.6) is 0 Å². The van der Waals surface area contributed by atoms with Gasteiger partial charge in [-0.05, 0) is 31.6 Å². The number of nitrogens with two attached hydrogens (primary N) is 1. The van der Waals surface area contributed by atoms with E-state index < -0.39 is 0 Å². The molecule has 1 aliphatic heterocycles. The summed E-state index contributed by atoms with van der Waals surface area (Å²) in [5, 5.41) is 0. The molecule has 2 rings (SSSR count). The molecule has 1 saturated carbocycles. The molecular weight excluding hydrogens is 288 g/mol. The number of carbonyl (C=O) groups excluding carboxylic acids is 1. The van der Waals surface area contributed by atoms with Gasteiger partial charge in [-0.2, -0.15) is 0 Å². The molecular formula is C16H29ClN2O2. The number of nitrogens with zero attached hydrogens (tertiary/aromatic N) is 1. The van der Waals surface area contributed by atoms with E-state index in [2.05, 4.69) is 6.58 Å². The van der Waals surface area contributed by atoms with Gasteiger partial charge in [-0.25, -0.2) is 0 Å². The van der Waals surface area contributed by atoms with Crippen LogP contribution in [0.4, 0.5) is 0 Å². The molecule has 5 heteroatoms. The van der Waals surface area contributed by atoms with Crippen LogP contribution in [0.1, 0.15) is 44.9 Å². The van der Waals surface area contributed by atoms with E-state index in [0.29, 0.717) is 19.0 Å². The SMILES string of the molecule is C=CCN(CC1CCCCC1)C(=O)[C@@H]1CC[C@H](CN)O1.Cl. The number of amides is 1. The molecule has 1 aliphatic carbocycles. The highest BCUT2D eigenvalue weighted by molar-refractivity contribution is 5.85. The van der Waals surface area contributed by atoms with Crippen molar-refractivity contribution in [3.8, 4) is 0 Å². The predicted octanol–water partition coefficient (Wildman–Crippen LogP) is 2.51. The van der Waals surface area contributed by atoms with Crippen molar-refractivity contribution in [3.63, 3.8) is 0 Å². The summed E-state index contributed by atoms with van der Waals surface area (Å²) in [5.74, 6) is 0.783. The Balaban J connectivity index is 0.00000220. The van der Waals surface area contributed by atoms with E-state index in [9.17, 15) is 4.79 Å². The van der Waals surface area contributed by atoms with Crippen molar-refractivity contribution >= 4 is 18.3 Å². The van der Waals surface area contributed by atoms with E-state index in [1.54, 1.807) is 0 Å². The molecule has 0 aromatic carbocycles. The van der Waals surface area contributed by atoms with Gasteiger partial charge in [0.1, 0.15) is 6.10 Å². The van der Waals surface area contributed by atoms with Crippen LogP contribution < -0.4 is 5.73 Å². The zero-order valence-corrected chi connectivity index (χ0v) is 13.7. The topological polar surface area (TPSA) is 55.6 Å². The summed E-state index contributed by atoms with van der Waals surface area (Å²) in [6, 6.07) is 0. The quantitative estimate of drug-likeness (QED) is 0.766. The van der Waals surface area contributed by atoms with Gasteiger partial charge in [0.2, 0.25) is 0 Å². The van der Waals surface area contributed by atoms with Crippen LogP contribution in [0.3, 0.4) is 0 Å². The maximum absolute atomic E-state index is 12.6. The van der Waals surface area contributed by atoms with Crippen LogP contribution in [0.2, 0.25) is 0 Å². The molecule has 0 aromatic heterocycles.